The fraction of sp³-hybridized carbons (Fsp3) is 0.286. The van der Waals surface area contributed by atoms with E-state index >= 15 is 0 Å². The molecular weight excluding hydrogens is 392 g/mol. The van der Waals surface area contributed by atoms with Crippen LogP contribution in [0.1, 0.15) is 55.9 Å². The van der Waals surface area contributed by atoms with Crippen molar-refractivity contribution in [2.75, 3.05) is 13.6 Å². The average Bonchev–Trinajstić information content (AvgIpc) is 2.83. The number of benzene rings is 3. The highest BCUT2D eigenvalue weighted by atomic mass is 15.1. The van der Waals surface area contributed by atoms with Gasteiger partial charge in [-0.3, -0.25) is 0 Å². The van der Waals surface area contributed by atoms with Crippen molar-refractivity contribution in [1.82, 2.24) is 4.90 Å². The normalized spacial score (nSPS) is 15.5. The molecule has 0 radical (unpaired) electrons. The van der Waals surface area contributed by atoms with Crippen LogP contribution in [0.25, 0.3) is 16.5 Å². The van der Waals surface area contributed by atoms with Crippen molar-refractivity contribution < 1.29 is 0 Å². The van der Waals surface area contributed by atoms with Crippen LogP contribution < -0.4 is 17.2 Å². The zero-order valence-corrected chi connectivity index (χ0v) is 20.1. The number of allylic oxidation sites excluding steroid dienone is 2. The third kappa shape index (κ3) is 5.92. The second-order valence-electron chi connectivity index (χ2n) is 7.56. The van der Waals surface area contributed by atoms with E-state index in [1.165, 1.54) is 27.5 Å². The summed E-state index contributed by atoms with van der Waals surface area (Å²) in [4.78, 5) is 2.36. The van der Waals surface area contributed by atoms with Crippen molar-refractivity contribution in [1.29, 1.82) is 0 Å². The van der Waals surface area contributed by atoms with Gasteiger partial charge in [0.2, 0.25) is 0 Å². The first-order chi connectivity index (χ1) is 15.5. The third-order valence-corrected chi connectivity index (χ3v) is 5.42. The molecule has 6 N–H and O–H groups in total. The van der Waals surface area contributed by atoms with Gasteiger partial charge in [0.05, 0.1) is 5.82 Å². The molecule has 0 fully saturated rings. The fourth-order valence-electron chi connectivity index (χ4n) is 4.02. The molecule has 170 valence electrons. The average molecular weight is 431 g/mol. The van der Waals surface area contributed by atoms with Crippen LogP contribution in [-0.4, -0.2) is 18.5 Å². The molecule has 4 nitrogen and oxygen atoms in total. The predicted molar refractivity (Wildman–Crippen MR) is 140 cm³/mol. The first-order valence-electron chi connectivity index (χ1n) is 11.5. The molecule has 0 bridgehead atoms. The summed E-state index contributed by atoms with van der Waals surface area (Å²) < 4.78 is 0. The van der Waals surface area contributed by atoms with Crippen LogP contribution in [0.3, 0.4) is 0 Å². The minimum Gasteiger partial charge on any atom is -0.398 e. The Morgan fingerprint density at radius 2 is 1.53 bits per heavy atom. The van der Waals surface area contributed by atoms with Crippen LogP contribution in [0.4, 0.5) is 0 Å². The van der Waals surface area contributed by atoms with Gasteiger partial charge in [-0.15, -0.1) is 0 Å². The Labute approximate surface area is 193 Å². The minimum atomic E-state index is 0.247. The van der Waals surface area contributed by atoms with Crippen molar-refractivity contribution in [3.05, 3.63) is 101 Å². The van der Waals surface area contributed by atoms with Gasteiger partial charge < -0.3 is 22.1 Å². The van der Waals surface area contributed by atoms with Gasteiger partial charge in [0.25, 0.3) is 0 Å². The van der Waals surface area contributed by atoms with Crippen LogP contribution in [0.2, 0.25) is 0 Å². The van der Waals surface area contributed by atoms with Gasteiger partial charge in [-0.1, -0.05) is 82.3 Å². The molecule has 0 saturated heterocycles. The molecule has 1 aliphatic rings. The lowest BCUT2D eigenvalue weighted by molar-refractivity contribution is 0.295. The Morgan fingerprint density at radius 3 is 2.22 bits per heavy atom. The molecule has 0 amide bonds. The van der Waals surface area contributed by atoms with Gasteiger partial charge in [0.1, 0.15) is 0 Å². The maximum Gasteiger partial charge on any atom is 0.0934 e. The van der Waals surface area contributed by atoms with E-state index in [9.17, 15) is 0 Å². The smallest absolute Gasteiger partial charge is 0.0934 e. The first-order valence-corrected chi connectivity index (χ1v) is 11.5. The zero-order chi connectivity index (χ0) is 23.7. The van der Waals surface area contributed by atoms with Gasteiger partial charge in [0.15, 0.2) is 0 Å². The lowest BCUT2D eigenvalue weighted by Crippen LogP contribution is -2.31. The van der Waals surface area contributed by atoms with Crippen LogP contribution in [-0.2, 0) is 6.54 Å². The number of nitrogens with zero attached hydrogens (tertiary/aromatic N) is 1. The van der Waals surface area contributed by atoms with Gasteiger partial charge >= 0.3 is 0 Å². The van der Waals surface area contributed by atoms with E-state index in [-0.39, 0.29) is 5.82 Å². The van der Waals surface area contributed by atoms with Gasteiger partial charge in [-0.25, -0.2) is 0 Å². The number of nitrogens with two attached hydrogens (primary N) is 3. The van der Waals surface area contributed by atoms with Crippen molar-refractivity contribution in [3.8, 4) is 0 Å². The largest absolute Gasteiger partial charge is 0.398 e. The standard InChI is InChI=1S/C24H26N4.2C2H6/c1-28-14-20-13-19(23(25)10-11-24(26)27)8-9-21(20)22(15-28)18-7-6-16-4-2-3-5-17(16)12-18;2*1-2/h2-13,22H,14-15,25-27H2,1H3;2*1-2H3/b23-10-;;. The lowest BCUT2D eigenvalue weighted by Gasteiger charge is -2.33. The molecule has 1 aliphatic heterocycles. The van der Waals surface area contributed by atoms with E-state index in [0.717, 1.165) is 18.7 Å². The topological polar surface area (TPSA) is 81.3 Å². The fourth-order valence-corrected chi connectivity index (χ4v) is 4.02. The molecule has 0 saturated carbocycles. The Bertz CT molecular complexity index is 1080. The second kappa shape index (κ2) is 12.0. The number of fused-ring (bicyclic) bond motifs is 2. The quantitative estimate of drug-likeness (QED) is 0.477. The van der Waals surface area contributed by atoms with Gasteiger partial charge in [-0.2, -0.15) is 0 Å². The molecule has 1 atom stereocenters. The summed E-state index contributed by atoms with van der Waals surface area (Å²) in [6, 6.07) is 21.8. The highest BCUT2D eigenvalue weighted by Crippen LogP contribution is 2.35. The minimum absolute atomic E-state index is 0.247. The van der Waals surface area contributed by atoms with Crippen molar-refractivity contribution in [3.63, 3.8) is 0 Å². The third-order valence-electron chi connectivity index (χ3n) is 5.42. The molecule has 4 rings (SSSR count). The van der Waals surface area contributed by atoms with E-state index in [2.05, 4.69) is 72.6 Å². The van der Waals surface area contributed by atoms with E-state index < -0.39 is 0 Å². The Balaban J connectivity index is 0.000000860. The molecule has 1 heterocycles. The predicted octanol–water partition coefficient (Wildman–Crippen LogP) is 5.53. The number of rotatable bonds is 3. The number of hydrogen-bond acceptors (Lipinski definition) is 4. The highest BCUT2D eigenvalue weighted by Gasteiger charge is 2.25. The van der Waals surface area contributed by atoms with Crippen LogP contribution >= 0.6 is 0 Å². The van der Waals surface area contributed by atoms with Crippen molar-refractivity contribution >= 4 is 16.5 Å². The Morgan fingerprint density at radius 1 is 0.844 bits per heavy atom. The van der Waals surface area contributed by atoms with Crippen LogP contribution in [0.15, 0.2) is 78.6 Å². The summed E-state index contributed by atoms with van der Waals surface area (Å²) in [7, 11) is 2.17. The maximum atomic E-state index is 6.21. The lowest BCUT2D eigenvalue weighted by atomic mass is 9.83. The van der Waals surface area contributed by atoms with E-state index in [4.69, 9.17) is 17.2 Å². The molecule has 32 heavy (non-hydrogen) atoms. The zero-order valence-electron chi connectivity index (χ0n) is 20.1. The molecule has 0 spiro atoms. The van der Waals surface area contributed by atoms with Gasteiger partial charge in [0, 0.05) is 24.7 Å². The molecule has 1 unspecified atom stereocenters. The highest BCUT2D eigenvalue weighted by molar-refractivity contribution is 5.83. The maximum absolute atomic E-state index is 6.21. The molecular formula is C28H38N4. The molecule has 3 aromatic rings. The van der Waals surface area contributed by atoms with Crippen molar-refractivity contribution in [2.24, 2.45) is 17.2 Å². The molecule has 0 aromatic heterocycles. The van der Waals surface area contributed by atoms with E-state index in [0.29, 0.717) is 11.6 Å². The SMILES string of the molecule is CC.CC.CN1Cc2cc(/C(N)=C/C=C(N)N)ccc2C(c2ccc3ccccc3c2)C1. The molecule has 3 aromatic carbocycles. The number of likely N-dealkylation sites (N-methyl/N-ethyl adjacent to an activating group) is 1. The van der Waals surface area contributed by atoms with Crippen LogP contribution in [0.5, 0.6) is 0 Å². The first kappa shape index (κ1) is 25.0. The monoisotopic (exact) mass is 430 g/mol. The second-order valence-corrected chi connectivity index (χ2v) is 7.56. The number of hydrogen-bond donors (Lipinski definition) is 3. The summed E-state index contributed by atoms with van der Waals surface area (Å²) in [5.41, 5.74) is 22.9. The molecule has 4 heteroatoms. The Kier molecular flexibility index (Phi) is 9.36. The van der Waals surface area contributed by atoms with E-state index in [1.807, 2.05) is 27.7 Å². The van der Waals surface area contributed by atoms with Crippen molar-refractivity contribution in [2.45, 2.75) is 40.2 Å². The summed E-state index contributed by atoms with van der Waals surface area (Å²) >= 11 is 0. The Hall–Kier alpha value is -3.24. The summed E-state index contributed by atoms with van der Waals surface area (Å²) in [6.07, 6.45) is 3.38. The van der Waals surface area contributed by atoms with Gasteiger partial charge in [-0.05, 0) is 58.3 Å². The van der Waals surface area contributed by atoms with Crippen LogP contribution in [0, 0.1) is 0 Å². The summed E-state index contributed by atoms with van der Waals surface area (Å²) in [5.74, 6) is 0.592. The summed E-state index contributed by atoms with van der Waals surface area (Å²) in [5, 5.41) is 2.56. The van der Waals surface area contributed by atoms with E-state index in [1.54, 1.807) is 12.2 Å². The molecule has 0 aliphatic carbocycles. The summed E-state index contributed by atoms with van der Waals surface area (Å²) in [6.45, 7) is 9.91.